The van der Waals surface area contributed by atoms with Crippen LogP contribution in [0.1, 0.15) is 44.5 Å². The third-order valence-corrected chi connectivity index (χ3v) is 3.20. The Balaban J connectivity index is 2.20. The van der Waals surface area contributed by atoms with Gasteiger partial charge in [-0.3, -0.25) is 0 Å². The molecule has 0 aromatic carbocycles. The highest BCUT2D eigenvalue weighted by atomic mass is 32.1. The van der Waals surface area contributed by atoms with Crippen LogP contribution in [-0.2, 0) is 6.54 Å². The second-order valence-corrected chi connectivity index (χ2v) is 4.53. The SMILES string of the molecule is CCCCC(CC)NCc1nccs1. The number of hydrogen-bond donors (Lipinski definition) is 1. The van der Waals surface area contributed by atoms with Crippen molar-refractivity contribution >= 4 is 11.3 Å². The summed E-state index contributed by atoms with van der Waals surface area (Å²) in [6.45, 7) is 5.42. The minimum Gasteiger partial charge on any atom is -0.308 e. The summed E-state index contributed by atoms with van der Waals surface area (Å²) >= 11 is 1.73. The van der Waals surface area contributed by atoms with Gasteiger partial charge in [-0.15, -0.1) is 11.3 Å². The van der Waals surface area contributed by atoms with Crippen LogP contribution in [0.4, 0.5) is 0 Å². The number of nitrogens with zero attached hydrogens (tertiary/aromatic N) is 1. The van der Waals surface area contributed by atoms with Crippen molar-refractivity contribution in [3.63, 3.8) is 0 Å². The van der Waals surface area contributed by atoms with Gasteiger partial charge in [0, 0.05) is 24.2 Å². The molecule has 2 nitrogen and oxygen atoms in total. The minimum atomic E-state index is 0.666. The maximum Gasteiger partial charge on any atom is 0.106 e. The van der Waals surface area contributed by atoms with E-state index in [-0.39, 0.29) is 0 Å². The number of rotatable bonds is 7. The summed E-state index contributed by atoms with van der Waals surface area (Å²) in [7, 11) is 0. The zero-order chi connectivity index (χ0) is 10.2. The van der Waals surface area contributed by atoms with Crippen molar-refractivity contribution in [3.05, 3.63) is 16.6 Å². The molecule has 0 fully saturated rings. The van der Waals surface area contributed by atoms with Gasteiger partial charge < -0.3 is 5.32 Å². The van der Waals surface area contributed by atoms with Gasteiger partial charge in [-0.25, -0.2) is 4.98 Å². The predicted molar refractivity (Wildman–Crippen MR) is 62.6 cm³/mol. The largest absolute Gasteiger partial charge is 0.308 e. The molecule has 1 unspecified atom stereocenters. The van der Waals surface area contributed by atoms with Crippen LogP contribution in [-0.4, -0.2) is 11.0 Å². The van der Waals surface area contributed by atoms with E-state index in [2.05, 4.69) is 24.1 Å². The number of aromatic nitrogens is 1. The highest BCUT2D eigenvalue weighted by Crippen LogP contribution is 2.07. The average Bonchev–Trinajstić information content (AvgIpc) is 2.71. The fraction of sp³-hybridized carbons (Fsp3) is 0.727. The molecule has 0 amide bonds. The highest BCUT2D eigenvalue weighted by molar-refractivity contribution is 7.09. The van der Waals surface area contributed by atoms with E-state index in [1.165, 1.54) is 30.7 Å². The fourth-order valence-electron chi connectivity index (χ4n) is 1.47. The number of unbranched alkanes of at least 4 members (excludes halogenated alkanes) is 1. The van der Waals surface area contributed by atoms with Gasteiger partial charge in [-0.2, -0.15) is 0 Å². The highest BCUT2D eigenvalue weighted by Gasteiger charge is 2.05. The van der Waals surface area contributed by atoms with Crippen molar-refractivity contribution in [1.82, 2.24) is 10.3 Å². The normalized spacial score (nSPS) is 13.0. The molecule has 0 saturated carbocycles. The van der Waals surface area contributed by atoms with Crippen LogP contribution in [0.15, 0.2) is 11.6 Å². The van der Waals surface area contributed by atoms with Crippen LogP contribution in [0.5, 0.6) is 0 Å². The van der Waals surface area contributed by atoms with Gasteiger partial charge >= 0.3 is 0 Å². The van der Waals surface area contributed by atoms with Crippen LogP contribution in [0, 0.1) is 0 Å². The molecule has 0 bridgehead atoms. The quantitative estimate of drug-likeness (QED) is 0.750. The van der Waals surface area contributed by atoms with E-state index in [1.54, 1.807) is 11.3 Å². The maximum atomic E-state index is 4.26. The number of hydrogen-bond acceptors (Lipinski definition) is 3. The third-order valence-electron chi connectivity index (χ3n) is 2.42. The maximum absolute atomic E-state index is 4.26. The summed E-state index contributed by atoms with van der Waals surface area (Å²) in [6, 6.07) is 0.666. The molecule has 0 aliphatic heterocycles. The van der Waals surface area contributed by atoms with Gasteiger partial charge in [0.05, 0.1) is 0 Å². The average molecular weight is 212 g/mol. The van der Waals surface area contributed by atoms with E-state index in [9.17, 15) is 0 Å². The molecule has 3 heteroatoms. The van der Waals surface area contributed by atoms with Gasteiger partial charge in [0.15, 0.2) is 0 Å². The Morgan fingerprint density at radius 3 is 2.93 bits per heavy atom. The lowest BCUT2D eigenvalue weighted by Crippen LogP contribution is -2.27. The summed E-state index contributed by atoms with van der Waals surface area (Å²) in [5.74, 6) is 0. The summed E-state index contributed by atoms with van der Waals surface area (Å²) in [6.07, 6.45) is 6.98. The first kappa shape index (κ1) is 11.7. The molecule has 0 radical (unpaired) electrons. The van der Waals surface area contributed by atoms with Crippen LogP contribution < -0.4 is 5.32 Å². The second-order valence-electron chi connectivity index (χ2n) is 3.55. The molecule has 1 heterocycles. The molecule has 80 valence electrons. The minimum absolute atomic E-state index is 0.666. The summed E-state index contributed by atoms with van der Waals surface area (Å²) in [4.78, 5) is 4.26. The van der Waals surface area contributed by atoms with Crippen LogP contribution in [0.2, 0.25) is 0 Å². The Labute approximate surface area is 90.8 Å². The first-order chi connectivity index (χ1) is 6.86. The van der Waals surface area contributed by atoms with Crippen molar-refractivity contribution < 1.29 is 0 Å². The molecule has 1 aromatic rings. The van der Waals surface area contributed by atoms with E-state index in [4.69, 9.17) is 0 Å². The first-order valence-corrected chi connectivity index (χ1v) is 6.36. The van der Waals surface area contributed by atoms with Crippen LogP contribution in [0.25, 0.3) is 0 Å². The fourth-order valence-corrected chi connectivity index (χ4v) is 2.04. The molecule has 1 atom stereocenters. The molecule has 0 saturated heterocycles. The third kappa shape index (κ3) is 4.20. The summed E-state index contributed by atoms with van der Waals surface area (Å²) in [5.41, 5.74) is 0. The Morgan fingerprint density at radius 1 is 1.50 bits per heavy atom. The molecule has 0 aliphatic rings. The summed E-state index contributed by atoms with van der Waals surface area (Å²) < 4.78 is 0. The number of thiazole rings is 1. The summed E-state index contributed by atoms with van der Waals surface area (Å²) in [5, 5.41) is 6.78. The standard InChI is InChI=1S/C11H20N2S/c1-3-5-6-10(4-2)13-9-11-12-7-8-14-11/h7-8,10,13H,3-6,9H2,1-2H3. The molecule has 0 spiro atoms. The van der Waals surface area contributed by atoms with E-state index >= 15 is 0 Å². The van der Waals surface area contributed by atoms with Gasteiger partial charge in [-0.1, -0.05) is 26.7 Å². The zero-order valence-corrected chi connectivity index (χ0v) is 9.94. The number of nitrogens with one attached hydrogen (secondary N) is 1. The van der Waals surface area contributed by atoms with E-state index < -0.39 is 0 Å². The van der Waals surface area contributed by atoms with Crippen molar-refractivity contribution in [3.8, 4) is 0 Å². The molecule has 1 aromatic heterocycles. The Bertz CT molecular complexity index is 221. The van der Waals surface area contributed by atoms with Crippen molar-refractivity contribution in [2.24, 2.45) is 0 Å². The van der Waals surface area contributed by atoms with Gasteiger partial charge in [0.1, 0.15) is 5.01 Å². The Morgan fingerprint density at radius 2 is 2.36 bits per heavy atom. The van der Waals surface area contributed by atoms with Gasteiger partial charge in [-0.05, 0) is 12.8 Å². The monoisotopic (exact) mass is 212 g/mol. The first-order valence-electron chi connectivity index (χ1n) is 5.48. The van der Waals surface area contributed by atoms with Gasteiger partial charge in [0.25, 0.3) is 0 Å². The van der Waals surface area contributed by atoms with Gasteiger partial charge in [0.2, 0.25) is 0 Å². The molecular formula is C11H20N2S. The lowest BCUT2D eigenvalue weighted by Gasteiger charge is -2.15. The van der Waals surface area contributed by atoms with E-state index in [1.807, 2.05) is 11.6 Å². The Kier molecular flexibility index (Phi) is 5.80. The molecule has 14 heavy (non-hydrogen) atoms. The van der Waals surface area contributed by atoms with Crippen molar-refractivity contribution in [1.29, 1.82) is 0 Å². The van der Waals surface area contributed by atoms with Crippen molar-refractivity contribution in [2.75, 3.05) is 0 Å². The lowest BCUT2D eigenvalue weighted by molar-refractivity contribution is 0.451. The Hall–Kier alpha value is -0.410. The van der Waals surface area contributed by atoms with Crippen LogP contribution >= 0.6 is 11.3 Å². The second kappa shape index (κ2) is 6.96. The molecule has 1 N–H and O–H groups in total. The molecule has 1 rings (SSSR count). The topological polar surface area (TPSA) is 24.9 Å². The predicted octanol–water partition coefficient (Wildman–Crippen LogP) is 3.20. The molecular weight excluding hydrogens is 192 g/mol. The van der Waals surface area contributed by atoms with E-state index in [0.29, 0.717) is 6.04 Å². The lowest BCUT2D eigenvalue weighted by atomic mass is 10.1. The smallest absolute Gasteiger partial charge is 0.106 e. The van der Waals surface area contributed by atoms with E-state index in [0.717, 1.165) is 6.54 Å². The van der Waals surface area contributed by atoms with Crippen molar-refractivity contribution in [2.45, 2.75) is 52.1 Å². The molecule has 0 aliphatic carbocycles. The van der Waals surface area contributed by atoms with Crippen LogP contribution in [0.3, 0.4) is 0 Å². The zero-order valence-electron chi connectivity index (χ0n) is 9.12.